The second kappa shape index (κ2) is 41.4. The number of anilines is 4. The maximum atomic E-state index is 14.3. The third kappa shape index (κ3) is 28.8. The summed E-state index contributed by atoms with van der Waals surface area (Å²) in [6.45, 7) is 4.57. The number of nitro groups is 1. The first kappa shape index (κ1) is 94.0. The van der Waals surface area contributed by atoms with Gasteiger partial charge in [0.25, 0.3) is 56.3 Å². The number of benzene rings is 6. The van der Waals surface area contributed by atoms with Gasteiger partial charge in [0.2, 0.25) is 17.8 Å². The van der Waals surface area contributed by atoms with E-state index in [9.17, 15) is 94.7 Å². The van der Waals surface area contributed by atoms with Crippen molar-refractivity contribution in [1.82, 2.24) is 24.3 Å². The Balaban J connectivity index is 0.00000182. The van der Waals surface area contributed by atoms with E-state index in [2.05, 4.69) is 82.3 Å². The molecule has 3 aromatic heterocycles. The Morgan fingerprint density at radius 1 is 0.570 bits per heavy atom. The fraction of sp³-hybridized carbons (Fsp3) is 0.250. The second-order valence-corrected chi connectivity index (χ2v) is 34.5. The van der Waals surface area contributed by atoms with Crippen LogP contribution >= 0.6 is 23.5 Å². The maximum absolute atomic E-state index is 14.3. The minimum absolute atomic E-state index is 0. The van der Waals surface area contributed by atoms with Crippen LogP contribution in [0.3, 0.4) is 0 Å². The quantitative estimate of drug-likeness (QED) is 0.00504. The summed E-state index contributed by atoms with van der Waals surface area (Å²) in [5, 5.41) is 84.9. The van der Waals surface area contributed by atoms with Crippen molar-refractivity contribution in [2.75, 3.05) is 59.4 Å². The van der Waals surface area contributed by atoms with E-state index in [4.69, 9.17) is 25.3 Å². The lowest BCUT2D eigenvalue weighted by Gasteiger charge is -2.14. The fourth-order valence-corrected chi connectivity index (χ4v) is 15.6. The molecule has 0 aliphatic heterocycles. The molecule has 44 nitrogen and oxygen atoms in total. The van der Waals surface area contributed by atoms with E-state index in [0.29, 0.717) is 17.1 Å². The van der Waals surface area contributed by atoms with Gasteiger partial charge in [-0.05, 0) is 135 Å². The first-order chi connectivity index (χ1) is 52.8. The highest BCUT2D eigenvalue weighted by atomic mass is 32.2. The number of aromatic hydroxyl groups is 2. The van der Waals surface area contributed by atoms with Crippen molar-refractivity contribution in [3.8, 4) is 18.0 Å². The van der Waals surface area contributed by atoms with E-state index in [1.807, 2.05) is 0 Å². The van der Waals surface area contributed by atoms with Gasteiger partial charge in [-0.1, -0.05) is 25.6 Å². The monoisotopic (exact) mass is 1770 g/mol. The number of ether oxygens (including phenoxy) is 1. The molecule has 3 heterocycles. The number of aromatic nitrogens is 5. The number of hydrogen-bond donors (Lipinski definition) is 9. The average molecular weight is 1770 g/mol. The summed E-state index contributed by atoms with van der Waals surface area (Å²) in [6.07, 6.45) is -0.601. The van der Waals surface area contributed by atoms with Crippen LogP contribution in [0.2, 0.25) is 0 Å². The van der Waals surface area contributed by atoms with Gasteiger partial charge in [0.15, 0.2) is 11.3 Å². The van der Waals surface area contributed by atoms with E-state index < -0.39 is 150 Å². The Labute approximate surface area is 662 Å². The standard InChI is InChI=1S/C57H53N17O20S8.C2H6O.CH4.2O3S/c1-31-22-44(48(95-16-7-19-98(80,81)82)27-40(31)66-65-39-15-14-35(74(77)78)25-51(39)102(92,93)94)69-68-43-28-49(96-17-8-20-99(83,84)85)45(26-42(43)61-56-62-55(63-57(76)64-56)59-34-10-6-11-36(24-34)101(89,90)91)70-67-41-29-50(97(79)18-9-21-100(86,87)88)46(23-32(41)2)71-72-52-33(3)37(30-58)53-60-38-12-4-5-13-47(38)73(53)54(52)75;1-3-2;;2*1-4(2)3/h4-6,10-15,22-29,75H,7-9,16-21H2,1-3H3,(H,80,81,82)(H,83,84,85)(H,86,87,88)(H,89,90,91)(H,92,93,94)(H3,59,61,62,63,64,76);1-2H3;1H4;;. The lowest BCUT2D eigenvalue weighted by molar-refractivity contribution is -0.385. The normalized spacial score (nSPS) is 12.1. The number of pyridine rings is 1. The Bertz CT molecular complexity index is 6180. The first-order valence-electron chi connectivity index (χ1n) is 30.7. The Morgan fingerprint density at radius 3 is 1.61 bits per heavy atom. The molecule has 0 spiro atoms. The molecule has 610 valence electrons. The molecule has 0 radical (unpaired) electrons. The largest absolute Gasteiger partial charge is 0.493 e. The minimum Gasteiger partial charge on any atom is -0.493 e. The van der Waals surface area contributed by atoms with Crippen molar-refractivity contribution in [1.29, 1.82) is 5.26 Å². The van der Waals surface area contributed by atoms with Crippen LogP contribution in [0.25, 0.3) is 16.7 Å². The molecule has 9 rings (SSSR count). The van der Waals surface area contributed by atoms with Crippen LogP contribution < -0.4 is 10.6 Å². The molecule has 0 amide bonds. The molecule has 9 aromatic rings. The predicted molar refractivity (Wildman–Crippen MR) is 411 cm³/mol. The number of fused-ring (bicyclic) bond motifs is 3. The third-order valence-electron chi connectivity index (χ3n) is 14.0. The van der Waals surface area contributed by atoms with Crippen molar-refractivity contribution in [3.05, 3.63) is 135 Å². The van der Waals surface area contributed by atoms with Crippen LogP contribution in [0.5, 0.6) is 11.9 Å². The van der Waals surface area contributed by atoms with Crippen molar-refractivity contribution in [3.63, 3.8) is 0 Å². The van der Waals surface area contributed by atoms with E-state index in [1.54, 1.807) is 45.4 Å². The summed E-state index contributed by atoms with van der Waals surface area (Å²) in [5.41, 5.74) is -0.00784. The summed E-state index contributed by atoms with van der Waals surface area (Å²) in [5.74, 6) is -3.90. The van der Waals surface area contributed by atoms with Gasteiger partial charge >= 0.3 is 27.2 Å². The zero-order valence-electron chi connectivity index (χ0n) is 58.3. The molecule has 54 heteroatoms. The van der Waals surface area contributed by atoms with Gasteiger partial charge in [-0.3, -0.25) is 41.5 Å². The first-order valence-corrected chi connectivity index (χ1v) is 43.7. The Kier molecular flexibility index (Phi) is 34.1. The van der Waals surface area contributed by atoms with E-state index in [1.165, 1.54) is 66.8 Å². The van der Waals surface area contributed by atoms with E-state index >= 15 is 0 Å². The predicted octanol–water partition coefficient (Wildman–Crippen LogP) is 11.4. The van der Waals surface area contributed by atoms with Gasteiger partial charge in [0.1, 0.15) is 39.3 Å². The van der Waals surface area contributed by atoms with Crippen molar-refractivity contribution < 1.29 is 114 Å². The summed E-state index contributed by atoms with van der Waals surface area (Å²) in [7, 11) is -28.4. The van der Waals surface area contributed by atoms with Crippen molar-refractivity contribution >= 4 is 197 Å². The molecule has 0 saturated heterocycles. The van der Waals surface area contributed by atoms with Crippen molar-refractivity contribution in [2.45, 2.75) is 71.9 Å². The number of nitriles is 1. The van der Waals surface area contributed by atoms with Crippen LogP contribution in [-0.4, -0.2) is 183 Å². The number of rotatable bonds is 30. The zero-order valence-corrected chi connectivity index (χ0v) is 66.4. The number of aryl methyl sites for hydroxylation is 2. The van der Waals surface area contributed by atoms with E-state index in [0.717, 1.165) is 47.8 Å². The highest BCUT2D eigenvalue weighted by Crippen LogP contribution is 2.45. The molecule has 0 bridgehead atoms. The molecule has 0 fully saturated rings. The van der Waals surface area contributed by atoms with Crippen LogP contribution in [0.4, 0.5) is 74.5 Å². The molecular formula is C60H63N17O27S10. The molecule has 0 saturated carbocycles. The number of methoxy groups -OCH3 is 1. The van der Waals surface area contributed by atoms with Gasteiger partial charge in [-0.25, -0.2) is 4.98 Å². The Morgan fingerprint density at radius 2 is 1.06 bits per heavy atom. The second-order valence-electron chi connectivity index (χ2n) is 22.3. The number of nitrogens with one attached hydrogen (secondary N) is 2. The lowest BCUT2D eigenvalue weighted by Crippen LogP contribution is -2.08. The number of para-hydroxylation sites is 2. The molecule has 9 N–H and O–H groups in total. The smallest absolute Gasteiger partial charge is 0.425 e. The third-order valence-corrected chi connectivity index (χ3v) is 21.9. The fourth-order valence-electron chi connectivity index (χ4n) is 9.27. The van der Waals surface area contributed by atoms with Crippen molar-refractivity contribution in [2.24, 2.45) is 40.9 Å². The zero-order chi connectivity index (χ0) is 84.1. The highest BCUT2D eigenvalue weighted by Gasteiger charge is 2.25. The summed E-state index contributed by atoms with van der Waals surface area (Å²) in [6, 6.07) is 23.3. The highest BCUT2D eigenvalue weighted by molar-refractivity contribution is 7.99. The van der Waals surface area contributed by atoms with Crippen LogP contribution in [-0.2, 0) is 87.3 Å². The van der Waals surface area contributed by atoms with Gasteiger partial charge in [-0.15, -0.1) is 79.5 Å². The van der Waals surface area contributed by atoms with E-state index in [-0.39, 0.29) is 138 Å². The number of thioether (sulfide) groups is 2. The lowest BCUT2D eigenvalue weighted by atomic mass is 10.1. The average Bonchev–Trinajstić information content (AvgIpc) is 1.61. The molecule has 0 aliphatic rings. The number of nitrogens with zero attached hydrogens (tertiary/aromatic N) is 15. The van der Waals surface area contributed by atoms with Gasteiger partial charge in [-0.2, -0.15) is 72.5 Å². The molecule has 114 heavy (non-hydrogen) atoms. The SMILES string of the molecule is C.COC.Cc1cc(N=Nc2c(C)c(C#N)c3nc4ccccc4n3c2O)c(S(=O)CCCS(=O)(=O)O)cc1N=Nc1cc(Nc2nc(O)nc(Nc3cccc(S(=O)(=O)O)c3)n2)c(N=Nc2cc(C)c(N=Nc3ccc([N+](=O)[O-])cc3S(=O)(=O)O)cc2SCCCS(=O)(=O)O)cc1SCCCS(=O)(=O)O.O=S(=O)=O.O=S(=O)=O. The molecule has 1 atom stereocenters. The van der Waals surface area contributed by atoms with Crippen LogP contribution in [0.1, 0.15) is 48.9 Å². The number of imidazole rings is 1. The Hall–Kier alpha value is -10.6. The topological polar surface area (TPSA) is 687 Å². The minimum atomic E-state index is -5.11. The maximum Gasteiger partial charge on any atom is 0.425 e. The molecule has 1 unspecified atom stereocenters. The summed E-state index contributed by atoms with van der Waals surface area (Å²) >= 11 is 1.94. The summed E-state index contributed by atoms with van der Waals surface area (Å²) < 4.78 is 239. The molecule has 6 aromatic carbocycles. The van der Waals surface area contributed by atoms with Crippen LogP contribution in [0, 0.1) is 42.2 Å². The molecule has 0 aliphatic carbocycles. The summed E-state index contributed by atoms with van der Waals surface area (Å²) in [4.78, 5) is 26.0. The van der Waals surface area contributed by atoms with Gasteiger partial charge < -0.3 is 25.6 Å². The van der Waals surface area contributed by atoms with Gasteiger partial charge in [0.05, 0.1) is 76.6 Å². The number of nitro benzene ring substituents is 1. The van der Waals surface area contributed by atoms with Gasteiger partial charge in [0, 0.05) is 53.1 Å². The van der Waals surface area contributed by atoms with Crippen LogP contribution in [0.15, 0.2) is 169 Å². The number of hydrogen-bond acceptors (Lipinski definition) is 39. The number of azo groups is 4. The number of non-ortho nitro benzene ring substituents is 1. The molecular weight excluding hydrogens is 1710 g/mol.